The van der Waals surface area contributed by atoms with Crippen LogP contribution in [0, 0.1) is 5.92 Å². The smallest absolute Gasteiger partial charge is 0.253 e. The zero-order valence-corrected chi connectivity index (χ0v) is 19.2. The van der Waals surface area contributed by atoms with E-state index in [1.807, 2.05) is 59.2 Å². The van der Waals surface area contributed by atoms with Crippen LogP contribution in [0.15, 0.2) is 42.5 Å². The monoisotopic (exact) mass is 446 g/mol. The molecule has 1 unspecified atom stereocenters. The van der Waals surface area contributed by atoms with Gasteiger partial charge in [-0.05, 0) is 55.2 Å². The van der Waals surface area contributed by atoms with Gasteiger partial charge in [0.1, 0.15) is 0 Å². The first-order valence-electron chi connectivity index (χ1n) is 11.8. The van der Waals surface area contributed by atoms with Gasteiger partial charge in [-0.3, -0.25) is 14.4 Å². The maximum absolute atomic E-state index is 13.0. The third-order valence-corrected chi connectivity index (χ3v) is 6.81. The second-order valence-electron chi connectivity index (χ2n) is 9.28. The summed E-state index contributed by atoms with van der Waals surface area (Å²) >= 11 is 0. The summed E-state index contributed by atoms with van der Waals surface area (Å²) < 4.78 is 0. The Bertz CT molecular complexity index is 1090. The zero-order valence-electron chi connectivity index (χ0n) is 19.2. The van der Waals surface area contributed by atoms with E-state index in [2.05, 4.69) is 5.32 Å². The molecule has 0 radical (unpaired) electrons. The van der Waals surface area contributed by atoms with Crippen LogP contribution in [0.1, 0.15) is 37.0 Å². The lowest BCUT2D eigenvalue weighted by Gasteiger charge is -2.41. The molecule has 2 fully saturated rings. The van der Waals surface area contributed by atoms with Crippen molar-refractivity contribution in [2.45, 2.75) is 32.7 Å². The fourth-order valence-corrected chi connectivity index (χ4v) is 4.90. The Kier molecular flexibility index (Phi) is 5.66. The Balaban J connectivity index is 1.46. The van der Waals surface area contributed by atoms with Crippen LogP contribution < -0.4 is 15.1 Å². The lowest BCUT2D eigenvalue weighted by Crippen LogP contribution is -2.51. The molecule has 2 aliphatic heterocycles. The molecule has 2 heterocycles. The number of piperazine rings is 1. The number of fused-ring (bicyclic) bond motifs is 1. The minimum Gasteiger partial charge on any atom is -0.336 e. The molecule has 2 aromatic rings. The molecule has 1 atom stereocenters. The number of rotatable bonds is 3. The van der Waals surface area contributed by atoms with E-state index in [0.29, 0.717) is 12.1 Å². The average molecular weight is 447 g/mol. The first kappa shape index (κ1) is 21.6. The van der Waals surface area contributed by atoms with Crippen molar-refractivity contribution in [1.29, 1.82) is 0 Å². The predicted molar refractivity (Wildman–Crippen MR) is 128 cm³/mol. The summed E-state index contributed by atoms with van der Waals surface area (Å²) in [6, 6.07) is 13.5. The largest absolute Gasteiger partial charge is 0.336 e. The van der Waals surface area contributed by atoms with Crippen LogP contribution in [0.5, 0.6) is 0 Å². The van der Waals surface area contributed by atoms with Gasteiger partial charge in [0.05, 0.1) is 17.4 Å². The standard InChI is InChI=1S/C26H30N4O3/c1-17-16-29(26(33)21-7-8-21)24-15-22(9-10-23(24)30(17)18(2)31)19-3-5-20(6-4-19)25(32)28-13-11-27-12-14-28/h3-6,9-10,15,17,21,27H,7-8,11-14,16H2,1-2H3. The van der Waals surface area contributed by atoms with Crippen molar-refractivity contribution >= 4 is 29.1 Å². The summed E-state index contributed by atoms with van der Waals surface area (Å²) in [5.41, 5.74) is 4.19. The highest BCUT2D eigenvalue weighted by Gasteiger charge is 2.39. The summed E-state index contributed by atoms with van der Waals surface area (Å²) in [6.45, 7) is 7.16. The van der Waals surface area contributed by atoms with E-state index in [-0.39, 0.29) is 29.7 Å². The van der Waals surface area contributed by atoms with Crippen LogP contribution in [0.2, 0.25) is 0 Å². The summed E-state index contributed by atoms with van der Waals surface area (Å²) in [5, 5.41) is 3.27. The normalized spacial score (nSPS) is 20.4. The van der Waals surface area contributed by atoms with Crippen LogP contribution in [-0.2, 0) is 9.59 Å². The fraction of sp³-hybridized carbons (Fsp3) is 0.423. The molecular weight excluding hydrogens is 416 g/mol. The molecule has 0 bridgehead atoms. The van der Waals surface area contributed by atoms with Gasteiger partial charge in [-0.25, -0.2) is 0 Å². The Morgan fingerprint density at radius 3 is 2.21 bits per heavy atom. The maximum atomic E-state index is 13.0. The van der Waals surface area contributed by atoms with Gasteiger partial charge in [0.15, 0.2) is 0 Å². The van der Waals surface area contributed by atoms with Gasteiger partial charge >= 0.3 is 0 Å². The number of anilines is 2. The molecule has 2 aromatic carbocycles. The Hall–Kier alpha value is -3.19. The second kappa shape index (κ2) is 8.63. The van der Waals surface area contributed by atoms with Crippen LogP contribution in [0.4, 0.5) is 11.4 Å². The van der Waals surface area contributed by atoms with Crippen molar-refractivity contribution in [2.75, 3.05) is 42.5 Å². The average Bonchev–Trinajstić information content (AvgIpc) is 3.68. The van der Waals surface area contributed by atoms with E-state index >= 15 is 0 Å². The Morgan fingerprint density at radius 2 is 1.58 bits per heavy atom. The quantitative estimate of drug-likeness (QED) is 0.787. The van der Waals surface area contributed by atoms with Crippen molar-refractivity contribution in [1.82, 2.24) is 10.2 Å². The number of benzene rings is 2. The fourth-order valence-electron chi connectivity index (χ4n) is 4.90. The molecule has 3 aliphatic rings. The third kappa shape index (κ3) is 4.13. The molecule has 0 aromatic heterocycles. The lowest BCUT2D eigenvalue weighted by molar-refractivity contribution is -0.120. The topological polar surface area (TPSA) is 73.0 Å². The number of amides is 3. The lowest BCUT2D eigenvalue weighted by atomic mass is 9.99. The van der Waals surface area contributed by atoms with Gasteiger partial charge in [-0.1, -0.05) is 18.2 Å². The second-order valence-corrected chi connectivity index (χ2v) is 9.28. The van der Waals surface area contributed by atoms with Crippen molar-refractivity contribution in [3.05, 3.63) is 48.0 Å². The van der Waals surface area contributed by atoms with Gasteiger partial charge in [-0.2, -0.15) is 0 Å². The summed E-state index contributed by atoms with van der Waals surface area (Å²) in [7, 11) is 0. The number of nitrogens with zero attached hydrogens (tertiary/aromatic N) is 3. The van der Waals surface area contributed by atoms with Crippen LogP contribution in [0.3, 0.4) is 0 Å². The van der Waals surface area contributed by atoms with E-state index in [0.717, 1.165) is 61.5 Å². The first-order chi connectivity index (χ1) is 15.9. The minimum absolute atomic E-state index is 0.0224. The van der Waals surface area contributed by atoms with E-state index in [1.54, 1.807) is 11.8 Å². The molecule has 1 saturated heterocycles. The number of nitrogens with one attached hydrogen (secondary N) is 1. The van der Waals surface area contributed by atoms with Crippen LogP contribution in [-0.4, -0.2) is 61.4 Å². The summed E-state index contributed by atoms with van der Waals surface area (Å²) in [6.07, 6.45) is 1.88. The summed E-state index contributed by atoms with van der Waals surface area (Å²) in [5.74, 6) is 0.292. The Morgan fingerprint density at radius 1 is 0.909 bits per heavy atom. The molecule has 1 aliphatic carbocycles. The number of carbonyl (C=O) groups excluding carboxylic acids is 3. The highest BCUT2D eigenvalue weighted by Crippen LogP contribution is 2.42. The van der Waals surface area contributed by atoms with Crippen molar-refractivity contribution in [3.8, 4) is 11.1 Å². The molecule has 1 N–H and O–H groups in total. The summed E-state index contributed by atoms with van der Waals surface area (Å²) in [4.78, 5) is 43.7. The number of hydrogen-bond acceptors (Lipinski definition) is 4. The van der Waals surface area contributed by atoms with Crippen molar-refractivity contribution < 1.29 is 14.4 Å². The van der Waals surface area contributed by atoms with Gasteiger partial charge in [0.2, 0.25) is 11.8 Å². The van der Waals surface area contributed by atoms with Gasteiger partial charge in [0.25, 0.3) is 5.91 Å². The number of hydrogen-bond donors (Lipinski definition) is 1. The zero-order chi connectivity index (χ0) is 23.1. The highest BCUT2D eigenvalue weighted by atomic mass is 16.2. The van der Waals surface area contributed by atoms with Gasteiger partial charge in [0, 0.05) is 51.1 Å². The molecule has 7 nitrogen and oxygen atoms in total. The molecule has 7 heteroatoms. The van der Waals surface area contributed by atoms with Crippen molar-refractivity contribution in [3.63, 3.8) is 0 Å². The molecule has 5 rings (SSSR count). The third-order valence-electron chi connectivity index (χ3n) is 6.81. The molecule has 33 heavy (non-hydrogen) atoms. The molecule has 172 valence electrons. The van der Waals surface area contributed by atoms with Gasteiger partial charge in [-0.15, -0.1) is 0 Å². The van der Waals surface area contributed by atoms with Gasteiger partial charge < -0.3 is 20.0 Å². The molecule has 3 amide bonds. The van der Waals surface area contributed by atoms with Crippen LogP contribution in [0.25, 0.3) is 11.1 Å². The Labute approximate surface area is 194 Å². The number of carbonyl (C=O) groups is 3. The molecule has 0 spiro atoms. The van der Waals surface area contributed by atoms with E-state index in [1.165, 1.54) is 0 Å². The van der Waals surface area contributed by atoms with E-state index in [9.17, 15) is 14.4 Å². The molecule has 1 saturated carbocycles. The highest BCUT2D eigenvalue weighted by molar-refractivity contribution is 6.06. The van der Waals surface area contributed by atoms with E-state index < -0.39 is 0 Å². The predicted octanol–water partition coefficient (Wildman–Crippen LogP) is 2.90. The van der Waals surface area contributed by atoms with Crippen LogP contribution >= 0.6 is 0 Å². The van der Waals surface area contributed by atoms with Crippen molar-refractivity contribution in [2.24, 2.45) is 5.92 Å². The first-order valence-corrected chi connectivity index (χ1v) is 11.8. The SMILES string of the molecule is CC(=O)N1c2ccc(-c3ccc(C(=O)N4CCNCC4)cc3)cc2N(C(=O)C2CC2)CC1C. The minimum atomic E-state index is -0.0705. The van der Waals surface area contributed by atoms with E-state index in [4.69, 9.17) is 0 Å². The molecular formula is C26H30N4O3. The maximum Gasteiger partial charge on any atom is 0.253 e.